The molecule has 1 aliphatic heterocycles. The zero-order valence-electron chi connectivity index (χ0n) is 17.4. The number of hydrogen-bond donors (Lipinski definition) is 1. The van der Waals surface area contributed by atoms with Crippen molar-refractivity contribution in [1.82, 2.24) is 14.5 Å². The number of halogens is 1. The molecule has 6 heteroatoms. The van der Waals surface area contributed by atoms with Gasteiger partial charge in [0.2, 0.25) is 5.95 Å². The van der Waals surface area contributed by atoms with Crippen LogP contribution in [0.3, 0.4) is 0 Å². The van der Waals surface area contributed by atoms with Gasteiger partial charge in [-0.3, -0.25) is 0 Å². The zero-order chi connectivity index (χ0) is 20.8. The van der Waals surface area contributed by atoms with Crippen molar-refractivity contribution in [3.63, 3.8) is 0 Å². The van der Waals surface area contributed by atoms with Crippen molar-refractivity contribution in [2.75, 3.05) is 32.1 Å². The third-order valence-corrected chi connectivity index (χ3v) is 5.78. The number of piperidine rings is 1. The number of hydrogen-bond acceptors (Lipinski definition) is 4. The first-order valence-electron chi connectivity index (χ1n) is 10.6. The van der Waals surface area contributed by atoms with Gasteiger partial charge in [0.1, 0.15) is 11.6 Å². The van der Waals surface area contributed by atoms with Gasteiger partial charge in [-0.1, -0.05) is 24.3 Å². The summed E-state index contributed by atoms with van der Waals surface area (Å²) in [7, 11) is 1.70. The molecule has 158 valence electrons. The van der Waals surface area contributed by atoms with Gasteiger partial charge in [-0.25, -0.2) is 9.37 Å². The highest BCUT2D eigenvalue weighted by atomic mass is 19.1. The molecule has 0 unspecified atom stereocenters. The van der Waals surface area contributed by atoms with Crippen molar-refractivity contribution in [2.24, 2.45) is 0 Å². The minimum atomic E-state index is -0.207. The molecule has 0 aliphatic carbocycles. The van der Waals surface area contributed by atoms with E-state index in [-0.39, 0.29) is 5.82 Å². The average Bonchev–Trinajstić information content (AvgIpc) is 3.21. The van der Waals surface area contributed by atoms with Crippen LogP contribution in [0.5, 0.6) is 5.75 Å². The highest BCUT2D eigenvalue weighted by Gasteiger charge is 2.20. The summed E-state index contributed by atoms with van der Waals surface area (Å²) in [6.45, 7) is 3.94. The Kier molecular flexibility index (Phi) is 6.64. The van der Waals surface area contributed by atoms with Gasteiger partial charge < -0.3 is 19.5 Å². The minimum Gasteiger partial charge on any atom is -0.497 e. The number of ether oxygens (including phenoxy) is 1. The summed E-state index contributed by atoms with van der Waals surface area (Å²) in [6.07, 6.45) is 7.05. The van der Waals surface area contributed by atoms with Crippen LogP contribution in [0.25, 0.3) is 0 Å². The molecule has 0 radical (unpaired) electrons. The van der Waals surface area contributed by atoms with E-state index < -0.39 is 0 Å². The third-order valence-electron chi connectivity index (χ3n) is 5.78. The lowest BCUT2D eigenvalue weighted by molar-refractivity contribution is 0.221. The van der Waals surface area contributed by atoms with E-state index in [0.29, 0.717) is 12.6 Å². The molecule has 4 rings (SSSR count). The predicted molar refractivity (Wildman–Crippen MR) is 118 cm³/mol. The number of benzene rings is 2. The SMILES string of the molecule is COc1ccc(CCN2CCC(Nc3nccn3Cc3ccc(F)cc3)CC2)cc1. The molecule has 30 heavy (non-hydrogen) atoms. The average molecular weight is 409 g/mol. The van der Waals surface area contributed by atoms with Crippen LogP contribution in [0.15, 0.2) is 60.9 Å². The number of methoxy groups -OCH3 is 1. The maximum atomic E-state index is 13.1. The monoisotopic (exact) mass is 408 g/mol. The number of nitrogens with zero attached hydrogens (tertiary/aromatic N) is 3. The van der Waals surface area contributed by atoms with E-state index in [1.165, 1.54) is 17.7 Å². The van der Waals surface area contributed by atoms with Gasteiger partial charge in [-0.15, -0.1) is 0 Å². The summed E-state index contributed by atoms with van der Waals surface area (Å²) >= 11 is 0. The molecule has 1 aromatic heterocycles. The molecule has 0 saturated carbocycles. The van der Waals surface area contributed by atoms with Crippen molar-refractivity contribution in [3.05, 3.63) is 77.9 Å². The number of rotatable bonds is 8. The quantitative estimate of drug-likeness (QED) is 0.607. The van der Waals surface area contributed by atoms with Crippen LogP contribution in [0.4, 0.5) is 10.3 Å². The molecule has 2 heterocycles. The smallest absolute Gasteiger partial charge is 0.203 e. The molecule has 2 aromatic carbocycles. The Balaban J connectivity index is 1.24. The number of nitrogens with one attached hydrogen (secondary N) is 1. The number of aromatic nitrogens is 2. The Bertz CT molecular complexity index is 915. The van der Waals surface area contributed by atoms with Crippen molar-refractivity contribution in [3.8, 4) is 5.75 Å². The van der Waals surface area contributed by atoms with Gasteiger partial charge in [-0.2, -0.15) is 0 Å². The summed E-state index contributed by atoms with van der Waals surface area (Å²) in [6, 6.07) is 15.4. The van der Waals surface area contributed by atoms with E-state index in [4.69, 9.17) is 4.74 Å². The van der Waals surface area contributed by atoms with Crippen LogP contribution in [0, 0.1) is 5.82 Å². The number of anilines is 1. The van der Waals surface area contributed by atoms with E-state index in [0.717, 1.165) is 56.2 Å². The van der Waals surface area contributed by atoms with E-state index in [9.17, 15) is 4.39 Å². The fourth-order valence-electron chi connectivity index (χ4n) is 3.93. The summed E-state index contributed by atoms with van der Waals surface area (Å²) in [5, 5.41) is 3.61. The predicted octanol–water partition coefficient (Wildman–Crippen LogP) is 4.20. The normalized spacial score (nSPS) is 15.3. The maximum Gasteiger partial charge on any atom is 0.203 e. The standard InChI is InChI=1S/C24H29FN4O/c1-30-23-8-4-19(5-9-23)10-14-28-15-11-22(12-16-28)27-24-26-13-17-29(24)18-20-2-6-21(25)7-3-20/h2-9,13,17,22H,10-12,14-16,18H2,1H3,(H,26,27). The Hall–Kier alpha value is -2.86. The molecular formula is C24H29FN4O. The zero-order valence-corrected chi connectivity index (χ0v) is 17.4. The molecular weight excluding hydrogens is 379 g/mol. The van der Waals surface area contributed by atoms with E-state index >= 15 is 0 Å². The van der Waals surface area contributed by atoms with Crippen LogP contribution in [0.2, 0.25) is 0 Å². The highest BCUT2D eigenvalue weighted by molar-refractivity contribution is 5.30. The van der Waals surface area contributed by atoms with Crippen molar-refractivity contribution < 1.29 is 9.13 Å². The lowest BCUT2D eigenvalue weighted by atomic mass is 10.0. The molecule has 5 nitrogen and oxygen atoms in total. The van der Waals surface area contributed by atoms with E-state index in [1.807, 2.05) is 36.7 Å². The fourth-order valence-corrected chi connectivity index (χ4v) is 3.93. The van der Waals surface area contributed by atoms with Crippen molar-refractivity contribution >= 4 is 5.95 Å². The lowest BCUT2D eigenvalue weighted by Gasteiger charge is -2.32. The molecule has 0 atom stereocenters. The first kappa shape index (κ1) is 20.4. The fraction of sp³-hybridized carbons (Fsp3) is 0.375. The first-order chi connectivity index (χ1) is 14.7. The van der Waals surface area contributed by atoms with E-state index in [2.05, 4.69) is 31.9 Å². The van der Waals surface area contributed by atoms with Gasteiger partial charge in [-0.05, 0) is 54.7 Å². The van der Waals surface area contributed by atoms with Gasteiger partial charge in [0.25, 0.3) is 0 Å². The van der Waals surface area contributed by atoms with Gasteiger partial charge in [0.15, 0.2) is 0 Å². The van der Waals surface area contributed by atoms with Crippen LogP contribution in [0.1, 0.15) is 24.0 Å². The Morgan fingerprint density at radius 2 is 1.73 bits per heavy atom. The van der Waals surface area contributed by atoms with Gasteiger partial charge in [0, 0.05) is 38.1 Å². The maximum absolute atomic E-state index is 13.1. The molecule has 0 bridgehead atoms. The summed E-state index contributed by atoms with van der Waals surface area (Å²) in [5.74, 6) is 1.58. The Morgan fingerprint density at radius 1 is 1.03 bits per heavy atom. The number of imidazole rings is 1. The third kappa shape index (κ3) is 5.39. The number of likely N-dealkylation sites (tertiary alicyclic amines) is 1. The summed E-state index contributed by atoms with van der Waals surface area (Å²) in [4.78, 5) is 7.02. The molecule has 1 fully saturated rings. The highest BCUT2D eigenvalue weighted by Crippen LogP contribution is 2.18. The molecule has 1 N–H and O–H groups in total. The minimum absolute atomic E-state index is 0.207. The molecule has 1 saturated heterocycles. The second kappa shape index (κ2) is 9.76. The van der Waals surface area contributed by atoms with E-state index in [1.54, 1.807) is 7.11 Å². The summed E-state index contributed by atoms with van der Waals surface area (Å²) < 4.78 is 20.4. The van der Waals surface area contributed by atoms with Crippen molar-refractivity contribution in [2.45, 2.75) is 31.8 Å². The molecule has 0 spiro atoms. The van der Waals surface area contributed by atoms with Gasteiger partial charge in [0.05, 0.1) is 13.7 Å². The molecule has 1 aliphatic rings. The van der Waals surface area contributed by atoms with Crippen LogP contribution < -0.4 is 10.1 Å². The van der Waals surface area contributed by atoms with Gasteiger partial charge >= 0.3 is 0 Å². The Morgan fingerprint density at radius 3 is 2.43 bits per heavy atom. The lowest BCUT2D eigenvalue weighted by Crippen LogP contribution is -2.40. The van der Waals surface area contributed by atoms with Crippen LogP contribution in [-0.4, -0.2) is 47.2 Å². The second-order valence-electron chi connectivity index (χ2n) is 7.86. The topological polar surface area (TPSA) is 42.3 Å². The first-order valence-corrected chi connectivity index (χ1v) is 10.6. The Labute approximate surface area is 177 Å². The second-order valence-corrected chi connectivity index (χ2v) is 7.86. The molecule has 0 amide bonds. The van der Waals surface area contributed by atoms with Crippen molar-refractivity contribution in [1.29, 1.82) is 0 Å². The molecule has 3 aromatic rings. The van der Waals surface area contributed by atoms with Crippen LogP contribution >= 0.6 is 0 Å². The summed E-state index contributed by atoms with van der Waals surface area (Å²) in [5.41, 5.74) is 2.41. The van der Waals surface area contributed by atoms with Crippen LogP contribution in [-0.2, 0) is 13.0 Å². The largest absolute Gasteiger partial charge is 0.497 e.